The molecule has 10 heteroatoms. The number of amides is 1. The van der Waals surface area contributed by atoms with Crippen molar-refractivity contribution in [3.63, 3.8) is 0 Å². The molecule has 1 aromatic heterocycles. The summed E-state index contributed by atoms with van der Waals surface area (Å²) in [7, 11) is 0. The summed E-state index contributed by atoms with van der Waals surface area (Å²) in [5, 5.41) is 14.4. The van der Waals surface area contributed by atoms with Gasteiger partial charge in [-0.3, -0.25) is 14.3 Å². The predicted molar refractivity (Wildman–Crippen MR) is 87.9 cm³/mol. The second kappa shape index (κ2) is 9.06. The lowest BCUT2D eigenvalue weighted by Crippen LogP contribution is -2.27. The largest absolute Gasteiger partial charge is 0.494 e. The molecule has 0 aliphatic rings. The lowest BCUT2D eigenvalue weighted by atomic mass is 10.2. The van der Waals surface area contributed by atoms with E-state index in [1.54, 1.807) is 24.3 Å². The first-order valence-electron chi connectivity index (χ1n) is 8.05. The highest BCUT2D eigenvalue weighted by Crippen LogP contribution is 2.27. The predicted octanol–water partition coefficient (Wildman–Crippen LogP) is 2.46. The topological polar surface area (TPSA) is 93.5 Å². The van der Waals surface area contributed by atoms with Crippen LogP contribution in [0.3, 0.4) is 0 Å². The number of benzene rings is 1. The Morgan fingerprint density at radius 3 is 2.48 bits per heavy atom. The van der Waals surface area contributed by atoms with Crippen LogP contribution in [-0.2, 0) is 28.9 Å². The van der Waals surface area contributed by atoms with Crippen LogP contribution in [0.2, 0.25) is 0 Å². The summed E-state index contributed by atoms with van der Waals surface area (Å²) in [5.41, 5.74) is -0.271. The smallest absolute Gasteiger partial charge is 0.435 e. The number of halogens is 3. The summed E-state index contributed by atoms with van der Waals surface area (Å²) >= 11 is 0. The van der Waals surface area contributed by atoms with E-state index in [2.05, 4.69) is 10.4 Å². The standard InChI is InChI=1S/C17H18F3N3O4/c18-17(19,20)14-7-8-23(22-14)11-15(24)21-10-12-3-5-13(6-4-12)27-9-1-2-16(25)26/h3-8H,1-2,9-11H2,(H,21,24)(H,25,26). The van der Waals surface area contributed by atoms with Gasteiger partial charge in [0.25, 0.3) is 0 Å². The molecule has 7 nitrogen and oxygen atoms in total. The number of carboxylic acid groups (broad SMARTS) is 1. The summed E-state index contributed by atoms with van der Waals surface area (Å²) in [6.45, 7) is 0.165. The van der Waals surface area contributed by atoms with Crippen LogP contribution in [0.25, 0.3) is 0 Å². The molecule has 0 atom stereocenters. The molecule has 1 heterocycles. The monoisotopic (exact) mass is 385 g/mol. The summed E-state index contributed by atoms with van der Waals surface area (Å²) in [4.78, 5) is 22.2. The zero-order valence-corrected chi connectivity index (χ0v) is 14.2. The van der Waals surface area contributed by atoms with E-state index in [1.807, 2.05) is 0 Å². The number of ether oxygens (including phenoxy) is 1. The van der Waals surface area contributed by atoms with Crippen LogP contribution in [-0.4, -0.2) is 33.4 Å². The molecule has 0 fully saturated rings. The zero-order chi connectivity index (χ0) is 19.9. The molecule has 2 N–H and O–H groups in total. The van der Waals surface area contributed by atoms with Gasteiger partial charge in [0.2, 0.25) is 5.91 Å². The van der Waals surface area contributed by atoms with E-state index < -0.39 is 23.7 Å². The van der Waals surface area contributed by atoms with Crippen molar-refractivity contribution in [2.24, 2.45) is 0 Å². The number of aromatic nitrogens is 2. The quantitative estimate of drug-likeness (QED) is 0.647. The average Bonchev–Trinajstić information content (AvgIpc) is 3.06. The van der Waals surface area contributed by atoms with E-state index in [0.717, 1.165) is 22.5 Å². The molecule has 0 saturated carbocycles. The molecule has 2 rings (SSSR count). The first-order chi connectivity index (χ1) is 12.7. The molecular weight excluding hydrogens is 367 g/mol. The van der Waals surface area contributed by atoms with E-state index in [1.165, 1.54) is 0 Å². The molecule has 1 amide bonds. The molecule has 1 aromatic carbocycles. The van der Waals surface area contributed by atoms with Crippen molar-refractivity contribution in [3.8, 4) is 5.75 Å². The lowest BCUT2D eigenvalue weighted by Gasteiger charge is -2.08. The van der Waals surface area contributed by atoms with Gasteiger partial charge >= 0.3 is 12.1 Å². The third-order valence-electron chi connectivity index (χ3n) is 3.45. The minimum absolute atomic E-state index is 0.0326. The highest BCUT2D eigenvalue weighted by Gasteiger charge is 2.33. The maximum Gasteiger partial charge on any atom is 0.435 e. The summed E-state index contributed by atoms with van der Waals surface area (Å²) in [6, 6.07) is 7.63. The second-order valence-corrected chi connectivity index (χ2v) is 5.66. The molecule has 0 radical (unpaired) electrons. The number of alkyl halides is 3. The number of nitrogens with zero attached hydrogens (tertiary/aromatic N) is 2. The van der Waals surface area contributed by atoms with Crippen LogP contribution in [0, 0.1) is 0 Å². The van der Waals surface area contributed by atoms with Gasteiger partial charge in [0.1, 0.15) is 12.3 Å². The average molecular weight is 385 g/mol. The molecule has 0 aliphatic heterocycles. The minimum atomic E-state index is -4.54. The van der Waals surface area contributed by atoms with Gasteiger partial charge < -0.3 is 15.2 Å². The van der Waals surface area contributed by atoms with Crippen molar-refractivity contribution in [3.05, 3.63) is 47.8 Å². The minimum Gasteiger partial charge on any atom is -0.494 e. The fraction of sp³-hybridized carbons (Fsp3) is 0.353. The van der Waals surface area contributed by atoms with Gasteiger partial charge in [0.15, 0.2) is 5.69 Å². The Morgan fingerprint density at radius 2 is 1.89 bits per heavy atom. The Morgan fingerprint density at radius 1 is 1.19 bits per heavy atom. The summed E-state index contributed by atoms with van der Waals surface area (Å²) in [5.74, 6) is -0.776. The van der Waals surface area contributed by atoms with Crippen LogP contribution in [0.4, 0.5) is 13.2 Å². The maximum absolute atomic E-state index is 12.5. The molecule has 0 saturated heterocycles. The number of carbonyl (C=O) groups is 2. The van der Waals surface area contributed by atoms with Gasteiger partial charge in [-0.05, 0) is 30.2 Å². The van der Waals surface area contributed by atoms with Gasteiger partial charge in [-0.15, -0.1) is 0 Å². The maximum atomic E-state index is 12.5. The van der Waals surface area contributed by atoms with E-state index in [4.69, 9.17) is 9.84 Å². The number of nitrogens with one attached hydrogen (secondary N) is 1. The number of aliphatic carboxylic acids is 1. The zero-order valence-electron chi connectivity index (χ0n) is 14.2. The van der Waals surface area contributed by atoms with Crippen molar-refractivity contribution < 1.29 is 32.6 Å². The fourth-order valence-electron chi connectivity index (χ4n) is 2.12. The molecule has 2 aromatic rings. The Kier molecular flexibility index (Phi) is 6.80. The number of hydrogen-bond donors (Lipinski definition) is 2. The Bertz CT molecular complexity index is 772. The Labute approximate surface area is 152 Å². The van der Waals surface area contributed by atoms with E-state index in [0.29, 0.717) is 12.2 Å². The van der Waals surface area contributed by atoms with Crippen molar-refractivity contribution in [1.82, 2.24) is 15.1 Å². The van der Waals surface area contributed by atoms with Gasteiger partial charge in [-0.2, -0.15) is 18.3 Å². The highest BCUT2D eigenvalue weighted by molar-refractivity contribution is 5.75. The third-order valence-corrected chi connectivity index (χ3v) is 3.45. The Hall–Kier alpha value is -3.04. The van der Waals surface area contributed by atoms with Gasteiger partial charge in [0.05, 0.1) is 6.61 Å². The number of carbonyl (C=O) groups excluding carboxylic acids is 1. The van der Waals surface area contributed by atoms with Crippen molar-refractivity contribution >= 4 is 11.9 Å². The molecule has 0 spiro atoms. The summed E-state index contributed by atoms with van der Waals surface area (Å²) < 4.78 is 43.7. The van der Waals surface area contributed by atoms with Crippen molar-refractivity contribution in [2.45, 2.75) is 32.1 Å². The van der Waals surface area contributed by atoms with Gasteiger partial charge in [-0.1, -0.05) is 12.1 Å². The van der Waals surface area contributed by atoms with Gasteiger partial charge in [0, 0.05) is 19.2 Å². The first kappa shape index (κ1) is 20.3. The van der Waals surface area contributed by atoms with Crippen molar-refractivity contribution in [1.29, 1.82) is 0 Å². The first-order valence-corrected chi connectivity index (χ1v) is 8.05. The molecule has 0 unspecified atom stereocenters. The SMILES string of the molecule is O=C(O)CCCOc1ccc(CNC(=O)Cn2ccc(C(F)(F)F)n2)cc1. The van der Waals surface area contributed by atoms with Crippen LogP contribution >= 0.6 is 0 Å². The van der Waals surface area contributed by atoms with Crippen LogP contribution < -0.4 is 10.1 Å². The molecule has 146 valence electrons. The number of hydrogen-bond acceptors (Lipinski definition) is 4. The van der Waals surface area contributed by atoms with Crippen LogP contribution in [0.15, 0.2) is 36.5 Å². The number of rotatable bonds is 9. The second-order valence-electron chi connectivity index (χ2n) is 5.66. The van der Waals surface area contributed by atoms with Gasteiger partial charge in [-0.25, -0.2) is 0 Å². The summed E-state index contributed by atoms with van der Waals surface area (Å²) in [6.07, 6.45) is -3.01. The van der Waals surface area contributed by atoms with Crippen LogP contribution in [0.5, 0.6) is 5.75 Å². The molecular formula is C17H18F3N3O4. The Balaban J connectivity index is 1.75. The van der Waals surface area contributed by atoms with Crippen LogP contribution in [0.1, 0.15) is 24.1 Å². The fourth-order valence-corrected chi connectivity index (χ4v) is 2.12. The molecule has 27 heavy (non-hydrogen) atoms. The number of carboxylic acids is 1. The van der Waals surface area contributed by atoms with E-state index in [-0.39, 0.29) is 26.1 Å². The molecule has 0 bridgehead atoms. The van der Waals surface area contributed by atoms with E-state index >= 15 is 0 Å². The third kappa shape index (κ3) is 7.00. The lowest BCUT2D eigenvalue weighted by molar-refractivity contribution is -0.141. The molecule has 0 aliphatic carbocycles. The van der Waals surface area contributed by atoms with E-state index in [9.17, 15) is 22.8 Å². The normalized spacial score (nSPS) is 11.2. The van der Waals surface area contributed by atoms with Crippen molar-refractivity contribution in [2.75, 3.05) is 6.61 Å². The highest BCUT2D eigenvalue weighted by atomic mass is 19.4.